The number of carbonyl (C=O) groups is 2. The molecule has 4 aliphatic rings. The molecule has 4 rings (SSSR count). The van der Waals surface area contributed by atoms with E-state index in [2.05, 4.69) is 11.8 Å². The van der Waals surface area contributed by atoms with Crippen LogP contribution in [0.1, 0.15) is 26.7 Å². The minimum Gasteiger partial charge on any atom is -0.461 e. The second-order valence-corrected chi connectivity index (χ2v) is 7.70. The van der Waals surface area contributed by atoms with Crippen LogP contribution in [0.2, 0.25) is 0 Å². The Balaban J connectivity index is 1.75. The van der Waals surface area contributed by atoms with Gasteiger partial charge in [0.2, 0.25) is 0 Å². The molecule has 0 saturated carbocycles. The van der Waals surface area contributed by atoms with E-state index in [-0.39, 0.29) is 53.5 Å². The lowest BCUT2D eigenvalue weighted by Gasteiger charge is -2.27. The molecule has 0 aromatic heterocycles. The van der Waals surface area contributed by atoms with E-state index in [1.165, 1.54) is 0 Å². The molecule has 0 aromatic rings. The summed E-state index contributed by atoms with van der Waals surface area (Å²) < 4.78 is 17.1. The average Bonchev–Trinajstić information content (AvgIpc) is 2.79. The van der Waals surface area contributed by atoms with Crippen LogP contribution in [0.4, 0.5) is 0 Å². The minimum absolute atomic E-state index is 0.0386. The van der Waals surface area contributed by atoms with Gasteiger partial charge in [-0.1, -0.05) is 6.92 Å². The van der Waals surface area contributed by atoms with Gasteiger partial charge in [0.15, 0.2) is 0 Å². The van der Waals surface area contributed by atoms with Gasteiger partial charge in [-0.05, 0) is 33.5 Å². The molecule has 3 aliphatic heterocycles. The topological polar surface area (TPSA) is 68.4 Å². The zero-order valence-electron chi connectivity index (χ0n) is 13.9. The fourth-order valence-corrected chi connectivity index (χ4v) is 4.37. The summed E-state index contributed by atoms with van der Waals surface area (Å²) in [6, 6.07) is 0.0386. The molecule has 3 heterocycles. The molecule has 7 unspecified atom stereocenters. The van der Waals surface area contributed by atoms with Gasteiger partial charge in [0.05, 0.1) is 29.5 Å². The largest absolute Gasteiger partial charge is 0.461 e. The smallest absolute Gasteiger partial charge is 0.319 e. The molecule has 6 nitrogen and oxygen atoms in total. The third-order valence-corrected chi connectivity index (χ3v) is 5.92. The number of nitrogens with zero attached hydrogens (tertiary/aromatic N) is 1. The van der Waals surface area contributed by atoms with Gasteiger partial charge in [-0.2, -0.15) is 0 Å². The molecule has 2 bridgehead atoms. The maximum atomic E-state index is 12.4. The fraction of sp³-hybridized carbons (Fsp3) is 0.765. The molecule has 0 aromatic carbocycles. The van der Waals surface area contributed by atoms with E-state index in [0.29, 0.717) is 12.2 Å². The predicted octanol–water partition coefficient (Wildman–Crippen LogP) is 1.10. The van der Waals surface area contributed by atoms with Crippen molar-refractivity contribution in [1.82, 2.24) is 4.90 Å². The molecule has 0 N–H and O–H groups in total. The summed E-state index contributed by atoms with van der Waals surface area (Å²) in [6.07, 6.45) is 3.15. The number of rotatable bonds is 1. The highest BCUT2D eigenvalue weighted by Crippen LogP contribution is 2.50. The summed E-state index contributed by atoms with van der Waals surface area (Å²) in [5.74, 6) is -0.638. The number of epoxide rings is 1. The molecule has 1 aliphatic carbocycles. The SMILES string of the molecule is CC1C(=O)OC2CC3(C)OC3CC(N(C)C)C3C=C(OC3=O)C21. The van der Waals surface area contributed by atoms with Gasteiger partial charge < -0.3 is 19.1 Å². The third-order valence-electron chi connectivity index (χ3n) is 5.92. The number of hydrogen-bond donors (Lipinski definition) is 0. The van der Waals surface area contributed by atoms with Crippen LogP contribution < -0.4 is 0 Å². The van der Waals surface area contributed by atoms with Crippen molar-refractivity contribution in [2.45, 2.75) is 50.5 Å². The van der Waals surface area contributed by atoms with Crippen LogP contribution in [0.25, 0.3) is 0 Å². The fourth-order valence-electron chi connectivity index (χ4n) is 4.37. The Labute approximate surface area is 135 Å². The van der Waals surface area contributed by atoms with Crippen LogP contribution >= 0.6 is 0 Å². The van der Waals surface area contributed by atoms with Gasteiger partial charge in [0.1, 0.15) is 11.9 Å². The minimum atomic E-state index is -0.310. The first-order valence-electron chi connectivity index (χ1n) is 8.28. The normalized spacial score (nSPS) is 48.3. The van der Waals surface area contributed by atoms with Crippen molar-refractivity contribution in [1.29, 1.82) is 0 Å². The van der Waals surface area contributed by atoms with Crippen molar-refractivity contribution in [3.8, 4) is 0 Å². The van der Waals surface area contributed by atoms with Crippen LogP contribution in [0, 0.1) is 17.8 Å². The maximum Gasteiger partial charge on any atom is 0.319 e. The Morgan fingerprint density at radius 1 is 1.26 bits per heavy atom. The van der Waals surface area contributed by atoms with Gasteiger partial charge >= 0.3 is 11.9 Å². The van der Waals surface area contributed by atoms with Crippen LogP contribution in [0.3, 0.4) is 0 Å². The molecule has 0 spiro atoms. The van der Waals surface area contributed by atoms with E-state index >= 15 is 0 Å². The van der Waals surface area contributed by atoms with Crippen molar-refractivity contribution in [3.63, 3.8) is 0 Å². The molecule has 0 radical (unpaired) electrons. The van der Waals surface area contributed by atoms with E-state index in [1.54, 1.807) is 0 Å². The van der Waals surface area contributed by atoms with E-state index in [0.717, 1.165) is 6.42 Å². The van der Waals surface area contributed by atoms with Crippen molar-refractivity contribution >= 4 is 11.9 Å². The lowest BCUT2D eigenvalue weighted by molar-refractivity contribution is -0.144. The average molecular weight is 321 g/mol. The zero-order valence-corrected chi connectivity index (χ0v) is 13.9. The van der Waals surface area contributed by atoms with E-state index in [4.69, 9.17) is 14.2 Å². The van der Waals surface area contributed by atoms with Crippen molar-refractivity contribution in [2.24, 2.45) is 17.8 Å². The van der Waals surface area contributed by atoms with E-state index in [9.17, 15) is 9.59 Å². The number of carbonyl (C=O) groups excluding carboxylic acids is 2. The number of fused-ring (bicyclic) bond motifs is 4. The molecule has 126 valence electrons. The summed E-state index contributed by atoms with van der Waals surface area (Å²) in [5.41, 5.74) is -0.276. The third kappa shape index (κ3) is 2.22. The van der Waals surface area contributed by atoms with Crippen molar-refractivity contribution < 1.29 is 23.8 Å². The first kappa shape index (κ1) is 15.1. The maximum absolute atomic E-state index is 12.4. The Kier molecular flexibility index (Phi) is 3.16. The second kappa shape index (κ2) is 4.80. The Morgan fingerprint density at radius 2 is 2.00 bits per heavy atom. The standard InChI is InChI=1S/C17H23NO5/c1-8-14-11-5-9(16(20)21-11)10(18(3)4)6-13-17(2,23-13)7-12(14)22-15(8)19/h5,8-10,12-14H,6-7H2,1-4H3. The highest BCUT2D eigenvalue weighted by atomic mass is 16.6. The van der Waals surface area contributed by atoms with E-state index < -0.39 is 0 Å². The van der Waals surface area contributed by atoms with Gasteiger partial charge in [-0.15, -0.1) is 0 Å². The molecule has 23 heavy (non-hydrogen) atoms. The first-order valence-corrected chi connectivity index (χ1v) is 8.28. The van der Waals surface area contributed by atoms with Crippen LogP contribution in [-0.4, -0.2) is 54.8 Å². The summed E-state index contributed by atoms with van der Waals surface area (Å²) in [6.45, 7) is 3.91. The van der Waals surface area contributed by atoms with Crippen LogP contribution in [0.5, 0.6) is 0 Å². The van der Waals surface area contributed by atoms with Crippen LogP contribution in [0.15, 0.2) is 11.8 Å². The molecule has 7 atom stereocenters. The number of hydrogen-bond acceptors (Lipinski definition) is 6. The number of esters is 2. The van der Waals surface area contributed by atoms with Gasteiger partial charge in [-0.25, -0.2) is 0 Å². The summed E-state index contributed by atoms with van der Waals surface area (Å²) >= 11 is 0. The molecule has 2 saturated heterocycles. The lowest BCUT2D eigenvalue weighted by atomic mass is 9.81. The molecular formula is C17H23NO5. The quantitative estimate of drug-likeness (QED) is 0.532. The molecule has 6 heteroatoms. The molecule has 0 amide bonds. The highest BCUT2D eigenvalue weighted by Gasteiger charge is 2.60. The lowest BCUT2D eigenvalue weighted by Crippen LogP contribution is -2.39. The molecular weight excluding hydrogens is 298 g/mol. The monoisotopic (exact) mass is 321 g/mol. The second-order valence-electron chi connectivity index (χ2n) is 7.70. The Hall–Kier alpha value is -1.40. The Bertz CT molecular complexity index is 600. The molecule has 2 fully saturated rings. The van der Waals surface area contributed by atoms with E-state index in [1.807, 2.05) is 27.1 Å². The van der Waals surface area contributed by atoms with Crippen LogP contribution in [-0.2, 0) is 23.8 Å². The highest BCUT2D eigenvalue weighted by molar-refractivity contribution is 5.81. The summed E-state index contributed by atoms with van der Waals surface area (Å²) in [5, 5.41) is 0. The zero-order chi connectivity index (χ0) is 16.5. The Morgan fingerprint density at radius 3 is 2.70 bits per heavy atom. The van der Waals surface area contributed by atoms with Gasteiger partial charge in [0.25, 0.3) is 0 Å². The summed E-state index contributed by atoms with van der Waals surface area (Å²) in [7, 11) is 3.95. The van der Waals surface area contributed by atoms with Gasteiger partial charge in [-0.3, -0.25) is 9.59 Å². The summed E-state index contributed by atoms with van der Waals surface area (Å²) in [4.78, 5) is 26.5. The first-order chi connectivity index (χ1) is 10.8. The van der Waals surface area contributed by atoms with Crippen molar-refractivity contribution in [3.05, 3.63) is 11.8 Å². The predicted molar refractivity (Wildman–Crippen MR) is 80.2 cm³/mol. The van der Waals surface area contributed by atoms with Crippen molar-refractivity contribution in [2.75, 3.05) is 14.1 Å². The van der Waals surface area contributed by atoms with Gasteiger partial charge in [0, 0.05) is 12.5 Å². The number of ether oxygens (including phenoxy) is 3.